The molecule has 0 amide bonds. The maximum atomic E-state index is 13.4. The van der Waals surface area contributed by atoms with Gasteiger partial charge in [-0.3, -0.25) is 4.98 Å². The van der Waals surface area contributed by atoms with Gasteiger partial charge in [-0.25, -0.2) is 4.39 Å². The summed E-state index contributed by atoms with van der Waals surface area (Å²) in [6.45, 7) is 3.85. The van der Waals surface area contributed by atoms with Crippen LogP contribution in [0.25, 0.3) is 0 Å². The minimum Gasteiger partial charge on any atom is -0.457 e. The van der Waals surface area contributed by atoms with Gasteiger partial charge in [0.15, 0.2) is 0 Å². The van der Waals surface area contributed by atoms with E-state index >= 15 is 0 Å². The first-order valence-corrected chi connectivity index (χ1v) is 5.44. The molecule has 4 nitrogen and oxygen atoms in total. The second-order valence-corrected chi connectivity index (χ2v) is 4.03. The summed E-state index contributed by atoms with van der Waals surface area (Å²) in [5.74, 6) is 0.952. The summed E-state index contributed by atoms with van der Waals surface area (Å²) < 4.78 is 19.0. The topological polar surface area (TPSA) is 85.1 Å². The average molecular weight is 265 g/mol. The molecule has 0 saturated heterocycles. The number of hydrogen-bond donors (Lipinski definition) is 0. The number of pyridine rings is 1. The number of nitrogens with zero attached hydrogens (tertiary/aromatic N) is 1. The summed E-state index contributed by atoms with van der Waals surface area (Å²) in [4.78, 5) is 4.16. The molecule has 0 aliphatic rings. The quantitative estimate of drug-likeness (QED) is 0.728. The summed E-state index contributed by atoms with van der Waals surface area (Å²) >= 11 is 0. The van der Waals surface area contributed by atoms with Gasteiger partial charge in [0.05, 0.1) is 0 Å². The molecule has 0 bridgehead atoms. The van der Waals surface area contributed by atoms with E-state index in [0.717, 1.165) is 11.3 Å². The van der Waals surface area contributed by atoms with Gasteiger partial charge in [0.1, 0.15) is 25.2 Å². The van der Waals surface area contributed by atoms with E-state index in [-0.39, 0.29) is 16.8 Å². The molecule has 0 radical (unpaired) electrons. The molecule has 0 unspecified atom stereocenters. The standard InChI is InChI=1S/C13H13BFNO.2H2O/c1-8-9(2)16-6-5-13(8)17-10-3-4-11(14)12(15)7-10;;/h3-7H,14H2,1-2H3;2*1H2. The lowest BCUT2D eigenvalue weighted by Gasteiger charge is -2.10. The third-order valence-corrected chi connectivity index (χ3v) is 2.78. The van der Waals surface area contributed by atoms with Gasteiger partial charge in [-0.2, -0.15) is 0 Å². The molecule has 102 valence electrons. The van der Waals surface area contributed by atoms with Crippen molar-refractivity contribution in [2.45, 2.75) is 13.8 Å². The lowest BCUT2D eigenvalue weighted by atomic mass is 9.96. The van der Waals surface area contributed by atoms with E-state index in [4.69, 9.17) is 4.74 Å². The minimum atomic E-state index is -0.258. The smallest absolute Gasteiger partial charge is 0.143 e. The molecule has 2 aromatic rings. The maximum Gasteiger partial charge on any atom is 0.143 e. The Bertz CT molecular complexity index is 564. The van der Waals surface area contributed by atoms with Crippen LogP contribution in [-0.2, 0) is 0 Å². The first-order chi connectivity index (χ1) is 8.08. The number of hydrogen-bond acceptors (Lipinski definition) is 2. The highest BCUT2D eigenvalue weighted by molar-refractivity contribution is 6.32. The van der Waals surface area contributed by atoms with Crippen LogP contribution in [0.4, 0.5) is 4.39 Å². The highest BCUT2D eigenvalue weighted by atomic mass is 19.1. The van der Waals surface area contributed by atoms with Gasteiger partial charge < -0.3 is 15.7 Å². The molecule has 1 aromatic heterocycles. The molecule has 0 spiro atoms. The average Bonchev–Trinajstić information content (AvgIpc) is 2.30. The van der Waals surface area contributed by atoms with Gasteiger partial charge in [0.25, 0.3) is 0 Å². The van der Waals surface area contributed by atoms with Crippen LogP contribution in [0.2, 0.25) is 0 Å². The van der Waals surface area contributed by atoms with Gasteiger partial charge in [-0.15, -0.1) is 0 Å². The van der Waals surface area contributed by atoms with Crippen molar-refractivity contribution in [2.24, 2.45) is 0 Å². The fraction of sp³-hybridized carbons (Fsp3) is 0.154. The number of aryl methyl sites for hydroxylation is 1. The summed E-state index contributed by atoms with van der Waals surface area (Å²) in [6, 6.07) is 6.63. The number of benzene rings is 1. The molecule has 1 aromatic carbocycles. The Morgan fingerprint density at radius 1 is 1.16 bits per heavy atom. The van der Waals surface area contributed by atoms with Gasteiger partial charge >= 0.3 is 0 Å². The second kappa shape index (κ2) is 6.87. The molecule has 6 heteroatoms. The summed E-state index contributed by atoms with van der Waals surface area (Å²) in [5, 5.41) is 0. The Hall–Kier alpha value is -1.92. The predicted molar refractivity (Wildman–Crippen MR) is 75.6 cm³/mol. The van der Waals surface area contributed by atoms with E-state index in [2.05, 4.69) is 4.98 Å². The Morgan fingerprint density at radius 3 is 2.47 bits per heavy atom. The van der Waals surface area contributed by atoms with E-state index in [0.29, 0.717) is 17.0 Å². The number of rotatable bonds is 2. The van der Waals surface area contributed by atoms with E-state index in [9.17, 15) is 4.39 Å². The molecule has 1 heterocycles. The molecular formula is C13H17BFNO3. The predicted octanol–water partition coefficient (Wildman–Crippen LogP) is 0.239. The monoisotopic (exact) mass is 265 g/mol. The van der Waals surface area contributed by atoms with Crippen molar-refractivity contribution < 1.29 is 20.1 Å². The zero-order valence-corrected chi connectivity index (χ0v) is 11.1. The fourth-order valence-electron chi connectivity index (χ4n) is 1.49. The number of aromatic nitrogens is 1. The van der Waals surface area contributed by atoms with Crippen LogP contribution in [0.1, 0.15) is 11.3 Å². The van der Waals surface area contributed by atoms with Crippen LogP contribution in [0.5, 0.6) is 11.5 Å². The Kier molecular flexibility index (Phi) is 6.18. The minimum absolute atomic E-state index is 0. The summed E-state index contributed by atoms with van der Waals surface area (Å²) in [7, 11) is 1.72. The lowest BCUT2D eigenvalue weighted by molar-refractivity contribution is 0.472. The Balaban J connectivity index is 0.00000162. The van der Waals surface area contributed by atoms with Crippen LogP contribution in [0.15, 0.2) is 30.5 Å². The van der Waals surface area contributed by atoms with E-state index in [1.165, 1.54) is 6.07 Å². The molecular weight excluding hydrogens is 248 g/mol. The van der Waals surface area contributed by atoms with Crippen molar-refractivity contribution >= 4 is 13.3 Å². The molecule has 2 rings (SSSR count). The molecule has 0 fully saturated rings. The zero-order chi connectivity index (χ0) is 12.4. The van der Waals surface area contributed by atoms with Crippen molar-refractivity contribution in [3.05, 3.63) is 47.5 Å². The van der Waals surface area contributed by atoms with Crippen molar-refractivity contribution in [1.29, 1.82) is 0 Å². The first kappa shape index (κ1) is 17.1. The fourth-order valence-corrected chi connectivity index (χ4v) is 1.49. The van der Waals surface area contributed by atoms with Crippen molar-refractivity contribution in [3.8, 4) is 11.5 Å². The summed E-state index contributed by atoms with van der Waals surface area (Å²) in [6.07, 6.45) is 1.68. The van der Waals surface area contributed by atoms with Crippen molar-refractivity contribution in [2.75, 3.05) is 0 Å². The zero-order valence-electron chi connectivity index (χ0n) is 11.1. The van der Waals surface area contributed by atoms with E-state index in [1.54, 1.807) is 32.2 Å². The van der Waals surface area contributed by atoms with Crippen LogP contribution in [0.3, 0.4) is 0 Å². The molecule has 19 heavy (non-hydrogen) atoms. The van der Waals surface area contributed by atoms with E-state index < -0.39 is 0 Å². The largest absolute Gasteiger partial charge is 0.457 e. The number of halogens is 1. The van der Waals surface area contributed by atoms with Crippen LogP contribution in [0, 0.1) is 19.7 Å². The normalized spacial score (nSPS) is 9.21. The van der Waals surface area contributed by atoms with Gasteiger partial charge in [-0.1, -0.05) is 11.5 Å². The SMILES string of the molecule is Bc1ccc(Oc2ccnc(C)c2C)cc1F.O.O. The summed E-state index contributed by atoms with van der Waals surface area (Å²) in [5.41, 5.74) is 2.49. The Labute approximate surface area is 112 Å². The van der Waals surface area contributed by atoms with Gasteiger partial charge in [0, 0.05) is 23.5 Å². The highest BCUT2D eigenvalue weighted by Crippen LogP contribution is 2.25. The van der Waals surface area contributed by atoms with Crippen molar-refractivity contribution in [3.63, 3.8) is 0 Å². The second-order valence-electron chi connectivity index (χ2n) is 4.03. The Morgan fingerprint density at radius 2 is 1.84 bits per heavy atom. The van der Waals surface area contributed by atoms with Crippen LogP contribution < -0.4 is 10.2 Å². The molecule has 4 N–H and O–H groups in total. The molecule has 0 aliphatic heterocycles. The van der Waals surface area contributed by atoms with Crippen LogP contribution in [-0.4, -0.2) is 23.8 Å². The molecule has 0 aliphatic carbocycles. The highest BCUT2D eigenvalue weighted by Gasteiger charge is 2.05. The maximum absolute atomic E-state index is 13.4. The third kappa shape index (κ3) is 3.77. The van der Waals surface area contributed by atoms with Crippen molar-refractivity contribution in [1.82, 2.24) is 4.98 Å². The van der Waals surface area contributed by atoms with Gasteiger partial charge in [-0.05, 0) is 26.0 Å². The van der Waals surface area contributed by atoms with Gasteiger partial charge in [0.2, 0.25) is 0 Å². The lowest BCUT2D eigenvalue weighted by Crippen LogP contribution is -2.07. The molecule has 0 atom stereocenters. The van der Waals surface area contributed by atoms with Crippen LogP contribution >= 0.6 is 0 Å². The first-order valence-electron chi connectivity index (χ1n) is 5.44. The third-order valence-electron chi connectivity index (χ3n) is 2.78. The van der Waals surface area contributed by atoms with E-state index in [1.807, 2.05) is 13.8 Å². The number of ether oxygens (including phenoxy) is 1. The molecule has 0 saturated carbocycles.